The molecule has 0 aliphatic heterocycles. The Balaban J connectivity index is 2.28. The van der Waals surface area contributed by atoms with Crippen molar-refractivity contribution in [1.82, 2.24) is 0 Å². The van der Waals surface area contributed by atoms with Crippen molar-refractivity contribution in [2.75, 3.05) is 0 Å². The van der Waals surface area contributed by atoms with Crippen LogP contribution < -0.4 is 0 Å². The minimum atomic E-state index is 0.369. The molecule has 0 amide bonds. The number of hydrogen-bond acceptors (Lipinski definition) is 1. The average molecular weight is 207 g/mol. The Hall–Kier alpha value is -2.07. The standard InChI is InChI=1S/C15H13N/c1-12(14-5-3-2-4-6-14)15-9-7-13(11-16)8-10-15/h2-10,12H,1H3/t12-/m0/s1. The highest BCUT2D eigenvalue weighted by Gasteiger charge is 2.07. The van der Waals surface area contributed by atoms with Crippen LogP contribution in [0.3, 0.4) is 0 Å². The molecule has 0 saturated heterocycles. The van der Waals surface area contributed by atoms with Crippen LogP contribution in [0.5, 0.6) is 0 Å². The van der Waals surface area contributed by atoms with Gasteiger partial charge < -0.3 is 0 Å². The monoisotopic (exact) mass is 207 g/mol. The first-order chi connectivity index (χ1) is 7.81. The molecule has 1 atom stereocenters. The van der Waals surface area contributed by atoms with E-state index in [0.717, 1.165) is 0 Å². The molecule has 16 heavy (non-hydrogen) atoms. The lowest BCUT2D eigenvalue weighted by Crippen LogP contribution is -1.95. The van der Waals surface area contributed by atoms with E-state index < -0.39 is 0 Å². The van der Waals surface area contributed by atoms with E-state index in [1.165, 1.54) is 11.1 Å². The molecular weight excluding hydrogens is 194 g/mol. The summed E-state index contributed by atoms with van der Waals surface area (Å²) in [5.41, 5.74) is 3.25. The maximum Gasteiger partial charge on any atom is 0.0991 e. The second-order valence-corrected chi connectivity index (χ2v) is 3.87. The summed E-state index contributed by atoms with van der Waals surface area (Å²) in [6.07, 6.45) is 0. The van der Waals surface area contributed by atoms with Gasteiger partial charge in [0, 0.05) is 5.92 Å². The van der Waals surface area contributed by atoms with Gasteiger partial charge in [-0.25, -0.2) is 0 Å². The molecule has 0 spiro atoms. The van der Waals surface area contributed by atoms with Gasteiger partial charge in [0.15, 0.2) is 0 Å². The Morgan fingerprint density at radius 3 is 2.00 bits per heavy atom. The maximum atomic E-state index is 8.73. The fraction of sp³-hybridized carbons (Fsp3) is 0.133. The zero-order valence-electron chi connectivity index (χ0n) is 9.22. The number of nitrogens with zero attached hydrogens (tertiary/aromatic N) is 1. The third-order valence-corrected chi connectivity index (χ3v) is 2.84. The molecule has 2 rings (SSSR count). The Morgan fingerprint density at radius 2 is 1.44 bits per heavy atom. The van der Waals surface area contributed by atoms with Gasteiger partial charge in [0.2, 0.25) is 0 Å². The van der Waals surface area contributed by atoms with Crippen LogP contribution >= 0.6 is 0 Å². The van der Waals surface area contributed by atoms with Gasteiger partial charge in [0.05, 0.1) is 11.6 Å². The van der Waals surface area contributed by atoms with E-state index in [9.17, 15) is 0 Å². The van der Waals surface area contributed by atoms with Crippen LogP contribution in [0.4, 0.5) is 0 Å². The minimum absolute atomic E-state index is 0.369. The van der Waals surface area contributed by atoms with Gasteiger partial charge in [-0.15, -0.1) is 0 Å². The minimum Gasteiger partial charge on any atom is -0.192 e. The number of nitriles is 1. The molecule has 0 N–H and O–H groups in total. The SMILES string of the molecule is C[C@@H](c1ccccc1)c1ccc(C#N)cc1. The molecule has 2 aromatic carbocycles. The van der Waals surface area contributed by atoms with E-state index in [-0.39, 0.29) is 0 Å². The molecule has 0 radical (unpaired) electrons. The topological polar surface area (TPSA) is 23.8 Å². The highest BCUT2D eigenvalue weighted by Crippen LogP contribution is 2.23. The lowest BCUT2D eigenvalue weighted by molar-refractivity contribution is 0.922. The summed E-state index contributed by atoms with van der Waals surface area (Å²) < 4.78 is 0. The molecular formula is C15H13N. The quantitative estimate of drug-likeness (QED) is 0.736. The summed E-state index contributed by atoms with van der Waals surface area (Å²) in [6, 6.07) is 20.3. The predicted molar refractivity (Wildman–Crippen MR) is 65.1 cm³/mol. The summed E-state index contributed by atoms with van der Waals surface area (Å²) in [5, 5.41) is 8.73. The number of rotatable bonds is 2. The molecule has 0 saturated carbocycles. The first-order valence-corrected chi connectivity index (χ1v) is 5.36. The van der Waals surface area contributed by atoms with E-state index in [1.807, 2.05) is 30.3 Å². The van der Waals surface area contributed by atoms with Crippen molar-refractivity contribution in [3.63, 3.8) is 0 Å². The van der Waals surface area contributed by atoms with Crippen LogP contribution in [0.25, 0.3) is 0 Å². The van der Waals surface area contributed by atoms with E-state index in [2.05, 4.69) is 37.3 Å². The lowest BCUT2D eigenvalue weighted by Gasteiger charge is -2.12. The fourth-order valence-electron chi connectivity index (χ4n) is 1.78. The van der Waals surface area contributed by atoms with Gasteiger partial charge in [0.1, 0.15) is 0 Å². The summed E-state index contributed by atoms with van der Waals surface area (Å²) in [7, 11) is 0. The van der Waals surface area contributed by atoms with Crippen molar-refractivity contribution in [2.45, 2.75) is 12.8 Å². The Kier molecular flexibility index (Phi) is 3.03. The third kappa shape index (κ3) is 2.12. The van der Waals surface area contributed by atoms with Gasteiger partial charge in [-0.05, 0) is 23.3 Å². The van der Waals surface area contributed by atoms with Crippen molar-refractivity contribution < 1.29 is 0 Å². The zero-order chi connectivity index (χ0) is 11.4. The maximum absolute atomic E-state index is 8.73. The van der Waals surface area contributed by atoms with Crippen LogP contribution in [0.15, 0.2) is 54.6 Å². The molecule has 78 valence electrons. The summed E-state index contributed by atoms with van der Waals surface area (Å²) in [4.78, 5) is 0. The van der Waals surface area contributed by atoms with Gasteiger partial charge in [-0.1, -0.05) is 49.4 Å². The molecule has 0 aliphatic rings. The first-order valence-electron chi connectivity index (χ1n) is 5.36. The van der Waals surface area contributed by atoms with Crippen LogP contribution in [0.1, 0.15) is 29.5 Å². The Labute approximate surface area is 96.0 Å². The average Bonchev–Trinajstić information content (AvgIpc) is 2.39. The van der Waals surface area contributed by atoms with Crippen molar-refractivity contribution in [1.29, 1.82) is 5.26 Å². The largest absolute Gasteiger partial charge is 0.192 e. The highest BCUT2D eigenvalue weighted by molar-refractivity contribution is 5.37. The van der Waals surface area contributed by atoms with Crippen LogP contribution in [-0.2, 0) is 0 Å². The lowest BCUT2D eigenvalue weighted by atomic mass is 9.93. The molecule has 0 aliphatic carbocycles. The van der Waals surface area contributed by atoms with Crippen molar-refractivity contribution in [3.05, 3.63) is 71.3 Å². The van der Waals surface area contributed by atoms with E-state index >= 15 is 0 Å². The Morgan fingerprint density at radius 1 is 0.875 bits per heavy atom. The number of benzene rings is 2. The molecule has 0 unspecified atom stereocenters. The second kappa shape index (κ2) is 4.63. The smallest absolute Gasteiger partial charge is 0.0991 e. The first kappa shape index (κ1) is 10.4. The second-order valence-electron chi connectivity index (χ2n) is 3.87. The van der Waals surface area contributed by atoms with Crippen LogP contribution in [0, 0.1) is 11.3 Å². The molecule has 2 aromatic rings. The number of hydrogen-bond donors (Lipinski definition) is 0. The van der Waals surface area contributed by atoms with Gasteiger partial charge in [0.25, 0.3) is 0 Å². The molecule has 0 bridgehead atoms. The molecule has 1 nitrogen and oxygen atoms in total. The zero-order valence-corrected chi connectivity index (χ0v) is 9.22. The van der Waals surface area contributed by atoms with E-state index in [0.29, 0.717) is 11.5 Å². The molecule has 0 heterocycles. The van der Waals surface area contributed by atoms with Crippen molar-refractivity contribution >= 4 is 0 Å². The third-order valence-electron chi connectivity index (χ3n) is 2.84. The fourth-order valence-corrected chi connectivity index (χ4v) is 1.78. The predicted octanol–water partition coefficient (Wildman–Crippen LogP) is 3.71. The molecule has 0 aromatic heterocycles. The van der Waals surface area contributed by atoms with Gasteiger partial charge in [-0.2, -0.15) is 5.26 Å². The summed E-state index contributed by atoms with van der Waals surface area (Å²) in [5.74, 6) is 0.369. The van der Waals surface area contributed by atoms with Gasteiger partial charge in [-0.3, -0.25) is 0 Å². The normalized spacial score (nSPS) is 11.8. The molecule has 0 fully saturated rings. The van der Waals surface area contributed by atoms with Gasteiger partial charge >= 0.3 is 0 Å². The van der Waals surface area contributed by atoms with Crippen LogP contribution in [-0.4, -0.2) is 0 Å². The molecule has 1 heteroatoms. The van der Waals surface area contributed by atoms with Crippen molar-refractivity contribution in [2.24, 2.45) is 0 Å². The van der Waals surface area contributed by atoms with Crippen molar-refractivity contribution in [3.8, 4) is 6.07 Å². The summed E-state index contributed by atoms with van der Waals surface area (Å²) >= 11 is 0. The van der Waals surface area contributed by atoms with Crippen LogP contribution in [0.2, 0.25) is 0 Å². The van der Waals surface area contributed by atoms with E-state index in [1.54, 1.807) is 0 Å². The highest BCUT2D eigenvalue weighted by atomic mass is 14.2. The van der Waals surface area contributed by atoms with E-state index in [4.69, 9.17) is 5.26 Å². The summed E-state index contributed by atoms with van der Waals surface area (Å²) in [6.45, 7) is 2.18. The Bertz CT molecular complexity index is 491.